The van der Waals surface area contributed by atoms with Crippen molar-refractivity contribution in [1.29, 1.82) is 0 Å². The molecule has 0 saturated heterocycles. The number of hydrogen-bond acceptors (Lipinski definition) is 0. The minimum absolute atomic E-state index is 0.680. The van der Waals surface area contributed by atoms with Gasteiger partial charge in [0.05, 0.1) is 27.2 Å². The van der Waals surface area contributed by atoms with Crippen molar-refractivity contribution in [3.8, 4) is 0 Å². The highest BCUT2D eigenvalue weighted by molar-refractivity contribution is 5.18. The third-order valence-corrected chi connectivity index (χ3v) is 3.78. The highest BCUT2D eigenvalue weighted by Crippen LogP contribution is 2.16. The lowest BCUT2D eigenvalue weighted by Gasteiger charge is -2.20. The summed E-state index contributed by atoms with van der Waals surface area (Å²) in [6.45, 7) is 9.74. The molecule has 0 aliphatic heterocycles. The number of nitrogens with one attached hydrogen (secondary N) is 2. The highest BCUT2D eigenvalue weighted by atomic mass is 15.2. The fourth-order valence-electron chi connectivity index (χ4n) is 2.27. The van der Waals surface area contributed by atoms with Crippen LogP contribution in [0.25, 0.3) is 0 Å². The van der Waals surface area contributed by atoms with E-state index in [0.29, 0.717) is 5.92 Å². The van der Waals surface area contributed by atoms with Crippen LogP contribution in [-0.2, 0) is 0 Å². The van der Waals surface area contributed by atoms with E-state index in [1.165, 1.54) is 38.2 Å². The molecule has 0 aliphatic carbocycles. The van der Waals surface area contributed by atoms with Gasteiger partial charge < -0.3 is 9.80 Å². The zero-order valence-electron chi connectivity index (χ0n) is 12.5. The lowest BCUT2D eigenvalue weighted by Crippen LogP contribution is -3.18. The van der Waals surface area contributed by atoms with E-state index in [9.17, 15) is 0 Å². The molecule has 1 aromatic carbocycles. The van der Waals surface area contributed by atoms with Crippen LogP contribution in [0.3, 0.4) is 0 Å². The molecule has 18 heavy (non-hydrogen) atoms. The molecule has 0 radical (unpaired) electrons. The Morgan fingerprint density at radius 3 is 2.22 bits per heavy atom. The molecule has 0 bridgehead atoms. The van der Waals surface area contributed by atoms with Crippen molar-refractivity contribution < 1.29 is 9.80 Å². The molecule has 0 amide bonds. The number of hydrogen-bond donors (Lipinski definition) is 2. The fourth-order valence-corrected chi connectivity index (χ4v) is 2.27. The van der Waals surface area contributed by atoms with Crippen molar-refractivity contribution in [3.05, 3.63) is 35.9 Å². The Kier molecular flexibility index (Phi) is 6.99. The van der Waals surface area contributed by atoms with E-state index in [4.69, 9.17) is 0 Å². The van der Waals surface area contributed by atoms with Gasteiger partial charge in [-0.25, -0.2) is 0 Å². The van der Waals surface area contributed by atoms with Crippen molar-refractivity contribution in [2.75, 3.05) is 40.3 Å². The largest absolute Gasteiger partial charge is 0.335 e. The molecule has 1 rings (SSSR count). The third kappa shape index (κ3) is 5.65. The molecule has 0 spiro atoms. The minimum Gasteiger partial charge on any atom is -0.335 e. The van der Waals surface area contributed by atoms with E-state index in [1.54, 1.807) is 9.80 Å². The summed E-state index contributed by atoms with van der Waals surface area (Å²) in [7, 11) is 4.47. The Morgan fingerprint density at radius 2 is 1.67 bits per heavy atom. The lowest BCUT2D eigenvalue weighted by molar-refractivity contribution is -0.940. The number of rotatable bonds is 8. The maximum absolute atomic E-state index is 2.35. The van der Waals surface area contributed by atoms with Gasteiger partial charge in [0.1, 0.15) is 13.1 Å². The Labute approximate surface area is 113 Å². The molecule has 2 heteroatoms. The first-order valence-corrected chi connectivity index (χ1v) is 7.31. The Morgan fingerprint density at radius 1 is 1.00 bits per heavy atom. The van der Waals surface area contributed by atoms with Crippen molar-refractivity contribution in [1.82, 2.24) is 0 Å². The molecule has 0 aliphatic rings. The van der Waals surface area contributed by atoms with Crippen molar-refractivity contribution in [2.24, 2.45) is 0 Å². The summed E-state index contributed by atoms with van der Waals surface area (Å²) in [5.74, 6) is 0.680. The third-order valence-electron chi connectivity index (χ3n) is 3.78. The van der Waals surface area contributed by atoms with Crippen LogP contribution in [0.2, 0.25) is 0 Å². The molecular weight excluding hydrogens is 220 g/mol. The summed E-state index contributed by atoms with van der Waals surface area (Å²) < 4.78 is 0. The van der Waals surface area contributed by atoms with E-state index < -0.39 is 0 Å². The summed E-state index contributed by atoms with van der Waals surface area (Å²) in [5, 5.41) is 0. The summed E-state index contributed by atoms with van der Waals surface area (Å²) >= 11 is 0. The second-order valence-electron chi connectivity index (χ2n) is 5.66. The monoisotopic (exact) mass is 250 g/mol. The summed E-state index contributed by atoms with van der Waals surface area (Å²) in [6.07, 6.45) is 1.29. The summed E-state index contributed by atoms with van der Waals surface area (Å²) in [6, 6.07) is 10.9. The SMILES string of the molecule is CC[NH+](CC[C@H](C)c1ccccc1)CC[NH+](C)C. The number of benzene rings is 1. The van der Waals surface area contributed by atoms with Crippen molar-refractivity contribution >= 4 is 0 Å². The number of quaternary nitrogens is 2. The van der Waals surface area contributed by atoms with Gasteiger partial charge in [-0.05, 0) is 18.4 Å². The van der Waals surface area contributed by atoms with Crippen LogP contribution in [0, 0.1) is 0 Å². The van der Waals surface area contributed by atoms with Crippen LogP contribution in [0.5, 0.6) is 0 Å². The molecule has 0 heterocycles. The lowest BCUT2D eigenvalue weighted by atomic mass is 9.98. The molecule has 0 aromatic heterocycles. The second-order valence-corrected chi connectivity index (χ2v) is 5.66. The molecule has 1 unspecified atom stereocenters. The van der Waals surface area contributed by atoms with Gasteiger partial charge in [0.15, 0.2) is 0 Å². The second kappa shape index (κ2) is 8.28. The van der Waals surface area contributed by atoms with Crippen LogP contribution in [0.15, 0.2) is 30.3 Å². The first-order valence-electron chi connectivity index (χ1n) is 7.31. The van der Waals surface area contributed by atoms with Gasteiger partial charge in [0.25, 0.3) is 0 Å². The first kappa shape index (κ1) is 15.2. The van der Waals surface area contributed by atoms with Crippen LogP contribution in [0.1, 0.15) is 31.7 Å². The van der Waals surface area contributed by atoms with Gasteiger partial charge in [0.2, 0.25) is 0 Å². The Hall–Kier alpha value is -0.860. The molecule has 2 N–H and O–H groups in total. The molecule has 0 saturated carbocycles. The van der Waals surface area contributed by atoms with E-state index in [2.05, 4.69) is 58.3 Å². The molecule has 1 aromatic rings. The van der Waals surface area contributed by atoms with Crippen LogP contribution >= 0.6 is 0 Å². The molecule has 2 atom stereocenters. The smallest absolute Gasteiger partial charge is 0.127 e. The fraction of sp³-hybridized carbons (Fsp3) is 0.625. The maximum Gasteiger partial charge on any atom is 0.127 e. The van der Waals surface area contributed by atoms with Gasteiger partial charge in [-0.1, -0.05) is 37.3 Å². The molecule has 0 fully saturated rings. The minimum atomic E-state index is 0.680. The zero-order chi connectivity index (χ0) is 13.4. The highest BCUT2D eigenvalue weighted by Gasteiger charge is 2.11. The summed E-state index contributed by atoms with van der Waals surface area (Å²) in [5.41, 5.74) is 1.48. The predicted octanol–water partition coefficient (Wildman–Crippen LogP) is 0.230. The van der Waals surface area contributed by atoms with Gasteiger partial charge in [-0.2, -0.15) is 0 Å². The normalized spacial score (nSPS) is 14.7. The van der Waals surface area contributed by atoms with Crippen LogP contribution in [0.4, 0.5) is 0 Å². The van der Waals surface area contributed by atoms with E-state index in [1.807, 2.05) is 0 Å². The molecule has 2 nitrogen and oxygen atoms in total. The maximum atomic E-state index is 2.35. The quantitative estimate of drug-likeness (QED) is 0.654. The Balaban J connectivity index is 2.34. The molecule has 102 valence electrons. The van der Waals surface area contributed by atoms with Crippen molar-refractivity contribution in [2.45, 2.75) is 26.2 Å². The standard InChI is InChI=1S/C16H28N2/c1-5-18(14-13-17(3)4)12-11-15(2)16-9-7-6-8-10-16/h6-10,15H,5,11-14H2,1-4H3/p+2/t15-/m0/s1. The number of likely N-dealkylation sites (N-methyl/N-ethyl adjacent to an activating group) is 2. The summed E-state index contributed by atoms with van der Waals surface area (Å²) in [4.78, 5) is 3.29. The van der Waals surface area contributed by atoms with Gasteiger partial charge in [0, 0.05) is 6.42 Å². The average Bonchev–Trinajstić information content (AvgIpc) is 2.39. The Bertz CT molecular complexity index is 308. The van der Waals surface area contributed by atoms with Gasteiger partial charge >= 0.3 is 0 Å². The van der Waals surface area contributed by atoms with Gasteiger partial charge in [-0.15, -0.1) is 0 Å². The topological polar surface area (TPSA) is 8.88 Å². The van der Waals surface area contributed by atoms with Gasteiger partial charge in [-0.3, -0.25) is 0 Å². The van der Waals surface area contributed by atoms with E-state index in [0.717, 1.165) is 0 Å². The first-order chi connectivity index (χ1) is 8.63. The predicted molar refractivity (Wildman–Crippen MR) is 78.4 cm³/mol. The molecular formula is C16H30N2+2. The average molecular weight is 250 g/mol. The van der Waals surface area contributed by atoms with E-state index in [-0.39, 0.29) is 0 Å². The zero-order valence-corrected chi connectivity index (χ0v) is 12.5. The van der Waals surface area contributed by atoms with Crippen molar-refractivity contribution in [3.63, 3.8) is 0 Å². The van der Waals surface area contributed by atoms with Crippen LogP contribution in [-0.4, -0.2) is 40.3 Å². The van der Waals surface area contributed by atoms with Crippen LogP contribution < -0.4 is 9.80 Å². The van der Waals surface area contributed by atoms with E-state index >= 15 is 0 Å².